The van der Waals surface area contributed by atoms with E-state index in [4.69, 9.17) is 13.6 Å². The molecule has 3 aromatic heterocycles. The van der Waals surface area contributed by atoms with Crippen molar-refractivity contribution in [2.75, 3.05) is 5.32 Å². The third-order valence-electron chi connectivity index (χ3n) is 5.18. The summed E-state index contributed by atoms with van der Waals surface area (Å²) in [5.74, 6) is -1.44. The summed E-state index contributed by atoms with van der Waals surface area (Å²) in [6.07, 6.45) is 3.19. The normalized spacial score (nSPS) is 10.8. The zero-order chi connectivity index (χ0) is 24.2. The Hall–Kier alpha value is -4.47. The van der Waals surface area contributed by atoms with E-state index in [1.807, 2.05) is 13.0 Å². The van der Waals surface area contributed by atoms with Gasteiger partial charge in [-0.2, -0.15) is 5.10 Å². The van der Waals surface area contributed by atoms with Gasteiger partial charge in [0.1, 0.15) is 16.9 Å². The minimum absolute atomic E-state index is 0.00201. The van der Waals surface area contributed by atoms with E-state index in [-0.39, 0.29) is 41.6 Å². The largest absolute Gasteiger partial charge is 0.519 e. The van der Waals surface area contributed by atoms with Gasteiger partial charge in [0.05, 0.1) is 11.9 Å². The molecule has 4 rings (SSSR count). The molecule has 0 radical (unpaired) electrons. The van der Waals surface area contributed by atoms with Gasteiger partial charge in [-0.1, -0.05) is 30.3 Å². The van der Waals surface area contributed by atoms with Crippen LogP contribution in [0.5, 0.6) is 0 Å². The summed E-state index contributed by atoms with van der Waals surface area (Å²) in [5.41, 5.74) is 1.72. The van der Waals surface area contributed by atoms with E-state index >= 15 is 0 Å². The van der Waals surface area contributed by atoms with Gasteiger partial charge in [0.25, 0.3) is 5.56 Å². The summed E-state index contributed by atoms with van der Waals surface area (Å²) in [7, 11) is 0. The number of pyridine rings is 1. The summed E-state index contributed by atoms with van der Waals surface area (Å²) in [5, 5.41) is 7.50. The minimum Gasteiger partial charge on any atom is -0.454 e. The van der Waals surface area contributed by atoms with Gasteiger partial charge in [0.15, 0.2) is 18.1 Å². The lowest BCUT2D eigenvalue weighted by molar-refractivity contribution is 0.0444. The number of carbonyl (C=O) groups excluding carboxylic acids is 1. The minimum atomic E-state index is -0.893. The Morgan fingerprint density at radius 3 is 2.53 bits per heavy atom. The van der Waals surface area contributed by atoms with Gasteiger partial charge in [0, 0.05) is 18.3 Å². The first kappa shape index (κ1) is 22.7. The molecule has 174 valence electrons. The van der Waals surface area contributed by atoms with Gasteiger partial charge in [-0.05, 0) is 32.4 Å². The molecule has 10 nitrogen and oxygen atoms in total. The van der Waals surface area contributed by atoms with Gasteiger partial charge >= 0.3 is 11.8 Å². The molecule has 0 aliphatic heterocycles. The molecule has 0 saturated carbocycles. The van der Waals surface area contributed by atoms with E-state index in [1.54, 1.807) is 49.6 Å². The van der Waals surface area contributed by atoms with Crippen molar-refractivity contribution >= 4 is 17.3 Å². The quantitative estimate of drug-likeness (QED) is 0.410. The number of esters is 1. The van der Waals surface area contributed by atoms with Crippen molar-refractivity contribution in [3.05, 3.63) is 92.4 Å². The predicted molar refractivity (Wildman–Crippen MR) is 123 cm³/mol. The fourth-order valence-corrected chi connectivity index (χ4v) is 3.34. The maximum absolute atomic E-state index is 13.4. The Labute approximate surface area is 193 Å². The van der Waals surface area contributed by atoms with Crippen molar-refractivity contribution in [1.82, 2.24) is 14.8 Å². The highest BCUT2D eigenvalue weighted by atomic mass is 16.6. The van der Waals surface area contributed by atoms with E-state index in [0.717, 1.165) is 5.56 Å². The second-order valence-corrected chi connectivity index (χ2v) is 7.41. The molecule has 4 aromatic rings. The number of hydrogen-bond acceptors (Lipinski definition) is 9. The average molecular weight is 462 g/mol. The lowest BCUT2D eigenvalue weighted by atomic mass is 10.0. The highest BCUT2D eigenvalue weighted by Crippen LogP contribution is 2.29. The molecule has 0 unspecified atom stereocenters. The van der Waals surface area contributed by atoms with E-state index in [0.29, 0.717) is 11.3 Å². The molecular weight excluding hydrogens is 440 g/mol. The molecule has 3 heterocycles. The van der Waals surface area contributed by atoms with Crippen molar-refractivity contribution in [2.24, 2.45) is 0 Å². The third-order valence-corrected chi connectivity index (χ3v) is 5.18. The van der Waals surface area contributed by atoms with E-state index < -0.39 is 17.4 Å². The molecular formula is C24H22N4O6. The Bertz CT molecular complexity index is 1450. The summed E-state index contributed by atoms with van der Waals surface area (Å²) in [6, 6.07) is 10.8. The van der Waals surface area contributed by atoms with E-state index in [9.17, 15) is 14.4 Å². The monoisotopic (exact) mass is 462 g/mol. The Balaban J connectivity index is 1.87. The SMILES string of the molecule is CCn1nc(-c2ccccc2)c(C(=O)OCc2oc(=O)oc2C)c(Nc2cnccc2C)c1=O. The van der Waals surface area contributed by atoms with Gasteiger partial charge in [0.2, 0.25) is 0 Å². The fraction of sp³-hybridized carbons (Fsp3) is 0.208. The third kappa shape index (κ3) is 4.51. The molecule has 1 N–H and O–H groups in total. The van der Waals surface area contributed by atoms with Crippen LogP contribution in [0.1, 0.15) is 34.4 Å². The number of rotatable bonds is 7. The molecule has 0 bridgehead atoms. The van der Waals surface area contributed by atoms with Crippen LogP contribution in [0, 0.1) is 13.8 Å². The Kier molecular flexibility index (Phi) is 6.39. The highest BCUT2D eigenvalue weighted by molar-refractivity contribution is 6.02. The van der Waals surface area contributed by atoms with Crippen LogP contribution in [0.25, 0.3) is 11.3 Å². The van der Waals surface area contributed by atoms with Crippen molar-refractivity contribution in [1.29, 1.82) is 0 Å². The number of ether oxygens (including phenoxy) is 1. The first-order valence-electron chi connectivity index (χ1n) is 10.5. The number of nitrogens with zero attached hydrogens (tertiary/aromatic N) is 3. The molecule has 0 amide bonds. The first-order valence-corrected chi connectivity index (χ1v) is 10.5. The Morgan fingerprint density at radius 1 is 1.12 bits per heavy atom. The zero-order valence-corrected chi connectivity index (χ0v) is 18.8. The van der Waals surface area contributed by atoms with Crippen molar-refractivity contribution in [3.8, 4) is 11.3 Å². The Morgan fingerprint density at radius 2 is 1.88 bits per heavy atom. The molecule has 0 atom stereocenters. The molecule has 34 heavy (non-hydrogen) atoms. The molecule has 0 saturated heterocycles. The lowest BCUT2D eigenvalue weighted by Crippen LogP contribution is -2.29. The smallest absolute Gasteiger partial charge is 0.454 e. The highest BCUT2D eigenvalue weighted by Gasteiger charge is 2.26. The molecule has 0 spiro atoms. The first-order chi connectivity index (χ1) is 16.4. The molecule has 0 aliphatic carbocycles. The van der Waals surface area contributed by atoms with Crippen molar-refractivity contribution in [3.63, 3.8) is 0 Å². The zero-order valence-electron chi connectivity index (χ0n) is 18.8. The van der Waals surface area contributed by atoms with Gasteiger partial charge < -0.3 is 18.9 Å². The van der Waals surface area contributed by atoms with Crippen LogP contribution in [0.15, 0.2) is 67.2 Å². The molecule has 1 aromatic carbocycles. The summed E-state index contributed by atoms with van der Waals surface area (Å²) in [4.78, 5) is 42.1. The maximum Gasteiger partial charge on any atom is 0.519 e. The number of benzene rings is 1. The number of carbonyl (C=O) groups is 1. The van der Waals surface area contributed by atoms with Crippen LogP contribution in [0.2, 0.25) is 0 Å². The van der Waals surface area contributed by atoms with Gasteiger partial charge in [-0.25, -0.2) is 14.3 Å². The van der Waals surface area contributed by atoms with Crippen LogP contribution in [-0.4, -0.2) is 20.7 Å². The second-order valence-electron chi connectivity index (χ2n) is 7.41. The molecule has 10 heteroatoms. The van der Waals surface area contributed by atoms with Crippen LogP contribution in [0.4, 0.5) is 11.4 Å². The number of aromatic nitrogens is 3. The van der Waals surface area contributed by atoms with Crippen LogP contribution in [0.3, 0.4) is 0 Å². The van der Waals surface area contributed by atoms with E-state index in [2.05, 4.69) is 15.4 Å². The maximum atomic E-state index is 13.4. The standard InChI is InChI=1S/C24H22N4O6/c1-4-28-22(29)21(26-17-12-25-11-10-14(17)2)19(20(27-28)16-8-6-5-7-9-16)23(30)32-13-18-15(3)33-24(31)34-18/h5-12,26H,4,13H2,1-3H3. The molecule has 0 aliphatic rings. The van der Waals surface area contributed by atoms with Gasteiger partial charge in [-0.3, -0.25) is 9.78 Å². The lowest BCUT2D eigenvalue weighted by Gasteiger charge is -2.17. The topological polar surface area (TPSA) is 129 Å². The summed E-state index contributed by atoms with van der Waals surface area (Å²) in [6.45, 7) is 5.08. The molecule has 0 fully saturated rings. The predicted octanol–water partition coefficient (Wildman–Crippen LogP) is 3.59. The summed E-state index contributed by atoms with van der Waals surface area (Å²) < 4.78 is 16.4. The van der Waals surface area contributed by atoms with Gasteiger partial charge in [-0.15, -0.1) is 0 Å². The van der Waals surface area contributed by atoms with Crippen molar-refractivity contribution in [2.45, 2.75) is 33.9 Å². The fourth-order valence-electron chi connectivity index (χ4n) is 3.34. The van der Waals surface area contributed by atoms with Crippen LogP contribution >= 0.6 is 0 Å². The van der Waals surface area contributed by atoms with Crippen LogP contribution in [-0.2, 0) is 17.9 Å². The van der Waals surface area contributed by atoms with E-state index in [1.165, 1.54) is 11.6 Å². The number of aryl methyl sites for hydroxylation is 3. The average Bonchev–Trinajstić information content (AvgIpc) is 3.17. The number of anilines is 2. The number of hydrogen-bond donors (Lipinski definition) is 1. The number of nitrogens with one attached hydrogen (secondary N) is 1. The summed E-state index contributed by atoms with van der Waals surface area (Å²) >= 11 is 0. The van der Waals surface area contributed by atoms with Crippen molar-refractivity contribution < 1.29 is 18.4 Å². The van der Waals surface area contributed by atoms with Crippen LogP contribution < -0.4 is 16.7 Å². The second kappa shape index (κ2) is 9.57.